The molecule has 0 aliphatic rings. The zero-order chi connectivity index (χ0) is 22.2. The molecule has 0 saturated heterocycles. The second-order valence-electron chi connectivity index (χ2n) is 8.52. The van der Waals surface area contributed by atoms with E-state index in [0.717, 1.165) is 57.8 Å². The quantitative estimate of drug-likeness (QED) is 0.222. The maximum absolute atomic E-state index is 11.7. The van der Waals surface area contributed by atoms with Gasteiger partial charge in [0.25, 0.3) is 0 Å². The minimum absolute atomic E-state index is 0.0290. The summed E-state index contributed by atoms with van der Waals surface area (Å²) in [5.41, 5.74) is 1.21. The summed E-state index contributed by atoms with van der Waals surface area (Å²) in [6.07, 6.45) is 13.4. The Morgan fingerprint density at radius 3 is 2.30 bits per heavy atom. The summed E-state index contributed by atoms with van der Waals surface area (Å²) in [5, 5.41) is 29.6. The molecule has 0 radical (unpaired) electrons. The summed E-state index contributed by atoms with van der Waals surface area (Å²) in [6, 6.07) is 10.1. The van der Waals surface area contributed by atoms with Gasteiger partial charge >= 0.3 is 5.97 Å². The van der Waals surface area contributed by atoms with Crippen LogP contribution >= 0.6 is 0 Å². The van der Waals surface area contributed by atoms with Crippen LogP contribution in [0.4, 0.5) is 0 Å². The van der Waals surface area contributed by atoms with Crippen LogP contribution in [0.2, 0.25) is 0 Å². The first-order chi connectivity index (χ1) is 14.5. The van der Waals surface area contributed by atoms with Gasteiger partial charge in [0.1, 0.15) is 0 Å². The van der Waals surface area contributed by atoms with Crippen LogP contribution in [0.25, 0.3) is 0 Å². The van der Waals surface area contributed by atoms with Crippen LogP contribution in [0.3, 0.4) is 0 Å². The minimum Gasteiger partial charge on any atom is -0.481 e. The van der Waals surface area contributed by atoms with Gasteiger partial charge in [0, 0.05) is 0 Å². The Labute approximate surface area is 183 Å². The molecule has 4 atom stereocenters. The fraction of sp³-hybridized carbons (Fsp3) is 0.654. The third-order valence-electron chi connectivity index (χ3n) is 5.87. The number of hydrogen-bond donors (Lipinski definition) is 3. The normalized spacial score (nSPS) is 15.7. The Balaban J connectivity index is 2.41. The lowest BCUT2D eigenvalue weighted by Gasteiger charge is -2.26. The highest BCUT2D eigenvalue weighted by atomic mass is 16.4. The van der Waals surface area contributed by atoms with E-state index in [1.54, 1.807) is 6.92 Å². The Kier molecular flexibility index (Phi) is 14.2. The van der Waals surface area contributed by atoms with Crippen molar-refractivity contribution >= 4 is 5.97 Å². The number of carbonyl (C=O) groups is 1. The lowest BCUT2D eigenvalue weighted by molar-refractivity contribution is -0.148. The molecule has 1 rings (SSSR count). The van der Waals surface area contributed by atoms with Crippen molar-refractivity contribution in [1.29, 1.82) is 0 Å². The van der Waals surface area contributed by atoms with Crippen LogP contribution in [-0.4, -0.2) is 33.5 Å². The van der Waals surface area contributed by atoms with E-state index in [4.69, 9.17) is 0 Å². The van der Waals surface area contributed by atoms with Crippen LogP contribution in [-0.2, 0) is 11.2 Å². The molecule has 4 heteroatoms. The van der Waals surface area contributed by atoms with E-state index in [1.807, 2.05) is 24.3 Å². The van der Waals surface area contributed by atoms with Gasteiger partial charge in [-0.1, -0.05) is 81.5 Å². The molecule has 170 valence electrons. The standard InChI is InChI=1S/C26H42O4/c1-3-4-9-17-24(28)18-13-7-5-6-12-16-23(25(21(2)27)26(29)30)20-19-22-14-10-8-11-15-22/h8,10-11,13-15,18,21,23-25,27-28H,3-7,9,12,16-17,19-20H2,1-2H3,(H,29,30)/t21-,23+,24+,25+/m0/s1. The molecule has 0 amide bonds. The van der Waals surface area contributed by atoms with E-state index >= 15 is 0 Å². The number of carboxylic acids is 1. The zero-order valence-electron chi connectivity index (χ0n) is 18.9. The summed E-state index contributed by atoms with van der Waals surface area (Å²) < 4.78 is 0. The molecule has 30 heavy (non-hydrogen) atoms. The molecule has 1 aromatic carbocycles. The first-order valence-corrected chi connectivity index (χ1v) is 11.7. The fourth-order valence-electron chi connectivity index (χ4n) is 4.10. The number of rotatable bonds is 17. The van der Waals surface area contributed by atoms with Crippen LogP contribution in [0.1, 0.15) is 83.6 Å². The Morgan fingerprint density at radius 2 is 1.67 bits per heavy atom. The molecule has 0 aliphatic carbocycles. The van der Waals surface area contributed by atoms with Gasteiger partial charge in [-0.05, 0) is 56.9 Å². The minimum atomic E-state index is -0.900. The topological polar surface area (TPSA) is 77.8 Å². The highest BCUT2D eigenvalue weighted by Crippen LogP contribution is 2.28. The Bertz CT molecular complexity index is 582. The first-order valence-electron chi connectivity index (χ1n) is 11.7. The van der Waals surface area contributed by atoms with Crippen LogP contribution in [0, 0.1) is 11.8 Å². The van der Waals surface area contributed by atoms with Gasteiger partial charge in [-0.3, -0.25) is 4.79 Å². The average Bonchev–Trinajstić information content (AvgIpc) is 2.71. The maximum atomic E-state index is 11.7. The molecular formula is C26H42O4. The number of hydrogen-bond acceptors (Lipinski definition) is 3. The van der Waals surface area contributed by atoms with Gasteiger partial charge in [0.2, 0.25) is 0 Å². The summed E-state index contributed by atoms with van der Waals surface area (Å²) >= 11 is 0. The summed E-state index contributed by atoms with van der Waals surface area (Å²) in [5.74, 6) is -1.64. The van der Waals surface area contributed by atoms with E-state index in [-0.39, 0.29) is 12.0 Å². The van der Waals surface area contributed by atoms with Crippen molar-refractivity contribution in [3.8, 4) is 0 Å². The lowest BCUT2D eigenvalue weighted by Crippen LogP contribution is -2.33. The SMILES string of the molecule is CCCCC[C@@H](O)C=CCCCCC[C@H](CCc1ccccc1)[C@H](C(=O)O)[C@H](C)O. The van der Waals surface area contributed by atoms with Gasteiger partial charge in [-0.25, -0.2) is 0 Å². The van der Waals surface area contributed by atoms with Crippen LogP contribution < -0.4 is 0 Å². The Hall–Kier alpha value is -1.65. The van der Waals surface area contributed by atoms with Crippen LogP contribution in [0.15, 0.2) is 42.5 Å². The zero-order valence-corrected chi connectivity index (χ0v) is 18.9. The highest BCUT2D eigenvalue weighted by molar-refractivity contribution is 5.71. The molecule has 0 aliphatic heterocycles. The molecule has 0 saturated carbocycles. The van der Waals surface area contributed by atoms with Crippen molar-refractivity contribution in [2.45, 2.75) is 96.7 Å². The molecule has 4 nitrogen and oxygen atoms in total. The third-order valence-corrected chi connectivity index (χ3v) is 5.87. The number of aliphatic hydroxyl groups is 2. The smallest absolute Gasteiger partial charge is 0.309 e. The van der Waals surface area contributed by atoms with Crippen molar-refractivity contribution in [1.82, 2.24) is 0 Å². The largest absolute Gasteiger partial charge is 0.481 e. The summed E-state index contributed by atoms with van der Waals surface area (Å²) in [4.78, 5) is 11.7. The molecule has 1 aromatic rings. The number of allylic oxidation sites excluding steroid dienone is 1. The van der Waals surface area contributed by atoms with E-state index in [9.17, 15) is 20.1 Å². The van der Waals surface area contributed by atoms with Gasteiger partial charge in [-0.2, -0.15) is 0 Å². The number of benzene rings is 1. The highest BCUT2D eigenvalue weighted by Gasteiger charge is 2.31. The predicted molar refractivity (Wildman–Crippen MR) is 123 cm³/mol. The van der Waals surface area contributed by atoms with Gasteiger partial charge < -0.3 is 15.3 Å². The van der Waals surface area contributed by atoms with Gasteiger partial charge in [0.15, 0.2) is 0 Å². The van der Waals surface area contributed by atoms with Crippen molar-refractivity contribution in [3.05, 3.63) is 48.0 Å². The fourth-order valence-corrected chi connectivity index (χ4v) is 4.10. The van der Waals surface area contributed by atoms with E-state index in [2.05, 4.69) is 25.1 Å². The summed E-state index contributed by atoms with van der Waals surface area (Å²) in [6.45, 7) is 3.75. The van der Waals surface area contributed by atoms with Crippen molar-refractivity contribution in [2.24, 2.45) is 11.8 Å². The van der Waals surface area contributed by atoms with Crippen molar-refractivity contribution < 1.29 is 20.1 Å². The molecule has 0 aromatic heterocycles. The van der Waals surface area contributed by atoms with E-state index in [1.165, 1.54) is 18.4 Å². The molecule has 0 heterocycles. The van der Waals surface area contributed by atoms with Crippen molar-refractivity contribution in [3.63, 3.8) is 0 Å². The second-order valence-corrected chi connectivity index (χ2v) is 8.52. The number of unbranched alkanes of at least 4 members (excludes halogenated alkanes) is 5. The maximum Gasteiger partial charge on any atom is 0.309 e. The summed E-state index contributed by atoms with van der Waals surface area (Å²) in [7, 11) is 0. The molecule has 0 bridgehead atoms. The molecule has 3 N–H and O–H groups in total. The second kappa shape index (κ2) is 16.1. The predicted octanol–water partition coefficient (Wildman–Crippen LogP) is 5.76. The number of aliphatic carboxylic acids is 1. The molecule has 0 spiro atoms. The average molecular weight is 419 g/mol. The number of carboxylic acid groups (broad SMARTS) is 1. The first kappa shape index (κ1) is 26.4. The lowest BCUT2D eigenvalue weighted by atomic mass is 9.80. The van der Waals surface area contributed by atoms with E-state index < -0.39 is 18.0 Å². The van der Waals surface area contributed by atoms with Gasteiger partial charge in [0.05, 0.1) is 18.1 Å². The van der Waals surface area contributed by atoms with Crippen LogP contribution in [0.5, 0.6) is 0 Å². The van der Waals surface area contributed by atoms with Gasteiger partial charge in [-0.15, -0.1) is 0 Å². The third kappa shape index (κ3) is 11.5. The number of aliphatic hydroxyl groups excluding tert-OH is 2. The molecule has 0 fully saturated rings. The molecular weight excluding hydrogens is 376 g/mol. The van der Waals surface area contributed by atoms with Crippen molar-refractivity contribution in [2.75, 3.05) is 0 Å². The van der Waals surface area contributed by atoms with E-state index in [0.29, 0.717) is 0 Å². The molecule has 0 unspecified atom stereocenters. The Morgan fingerprint density at radius 1 is 0.967 bits per heavy atom. The number of aryl methyl sites for hydroxylation is 1. The monoisotopic (exact) mass is 418 g/mol.